The largest absolute Gasteiger partial charge is 0.481 e. The second-order valence-corrected chi connectivity index (χ2v) is 5.06. The molecule has 21 heavy (non-hydrogen) atoms. The van der Waals surface area contributed by atoms with Gasteiger partial charge in [-0.1, -0.05) is 19.9 Å². The first-order chi connectivity index (χ1) is 9.84. The van der Waals surface area contributed by atoms with Crippen LogP contribution in [0.1, 0.15) is 32.3 Å². The molecule has 0 spiro atoms. The van der Waals surface area contributed by atoms with Gasteiger partial charge in [0.05, 0.1) is 5.41 Å². The molecule has 0 fully saturated rings. The third-order valence-electron chi connectivity index (χ3n) is 3.84. The first-order valence-electron chi connectivity index (χ1n) is 6.89. The second kappa shape index (κ2) is 7.06. The van der Waals surface area contributed by atoms with E-state index in [0.717, 1.165) is 5.56 Å². The molecule has 0 heterocycles. The Kier molecular flexibility index (Phi) is 5.69. The van der Waals surface area contributed by atoms with Gasteiger partial charge in [-0.3, -0.25) is 4.79 Å². The van der Waals surface area contributed by atoms with Crippen LogP contribution < -0.4 is 10.6 Å². The molecule has 1 aromatic rings. The number of hydrogen-bond acceptors (Lipinski definition) is 2. The Morgan fingerprint density at radius 3 is 2.43 bits per heavy atom. The summed E-state index contributed by atoms with van der Waals surface area (Å²) in [6.45, 7) is 5.31. The van der Waals surface area contributed by atoms with Gasteiger partial charge < -0.3 is 15.7 Å². The summed E-state index contributed by atoms with van der Waals surface area (Å²) in [5.41, 5.74) is 0.109. The molecule has 0 bridgehead atoms. The number of carboxylic acids is 1. The van der Waals surface area contributed by atoms with Gasteiger partial charge in [0.2, 0.25) is 0 Å². The number of nitrogens with one attached hydrogen (secondary N) is 2. The van der Waals surface area contributed by atoms with Crippen LogP contribution in [-0.2, 0) is 4.79 Å². The fourth-order valence-corrected chi connectivity index (χ4v) is 2.02. The van der Waals surface area contributed by atoms with Crippen LogP contribution in [0.4, 0.5) is 14.9 Å². The highest BCUT2D eigenvalue weighted by atomic mass is 19.1. The van der Waals surface area contributed by atoms with E-state index < -0.39 is 23.2 Å². The number of hydrogen-bond donors (Lipinski definition) is 3. The first kappa shape index (κ1) is 16.9. The van der Waals surface area contributed by atoms with E-state index in [9.17, 15) is 19.1 Å². The van der Waals surface area contributed by atoms with Crippen molar-refractivity contribution in [1.29, 1.82) is 0 Å². The summed E-state index contributed by atoms with van der Waals surface area (Å²) < 4.78 is 13.1. The van der Waals surface area contributed by atoms with Crippen molar-refractivity contribution in [3.8, 4) is 0 Å². The molecule has 0 aliphatic heterocycles. The van der Waals surface area contributed by atoms with Gasteiger partial charge in [-0.15, -0.1) is 0 Å². The van der Waals surface area contributed by atoms with Crippen molar-refractivity contribution in [2.75, 3.05) is 11.9 Å². The van der Waals surface area contributed by atoms with Crippen molar-refractivity contribution in [2.24, 2.45) is 5.41 Å². The van der Waals surface area contributed by atoms with E-state index >= 15 is 0 Å². The van der Waals surface area contributed by atoms with Crippen LogP contribution in [0, 0.1) is 18.2 Å². The predicted octanol–water partition coefficient (Wildman–Crippen LogP) is 3.15. The molecule has 2 amide bonds. The van der Waals surface area contributed by atoms with Crippen molar-refractivity contribution in [1.82, 2.24) is 5.32 Å². The summed E-state index contributed by atoms with van der Waals surface area (Å²) in [6.07, 6.45) is 0.830. The number of benzene rings is 1. The SMILES string of the molecule is CCC(CC)(CNC(=O)Nc1cc(F)ccc1C)C(=O)O. The van der Waals surface area contributed by atoms with E-state index in [0.29, 0.717) is 18.5 Å². The molecule has 6 heteroatoms. The van der Waals surface area contributed by atoms with Crippen LogP contribution >= 0.6 is 0 Å². The van der Waals surface area contributed by atoms with Crippen LogP contribution in [0.3, 0.4) is 0 Å². The van der Waals surface area contributed by atoms with E-state index in [1.54, 1.807) is 26.8 Å². The van der Waals surface area contributed by atoms with Crippen LogP contribution in [0.15, 0.2) is 18.2 Å². The molecule has 0 saturated heterocycles. The van der Waals surface area contributed by atoms with E-state index in [4.69, 9.17) is 0 Å². The highest BCUT2D eigenvalue weighted by molar-refractivity contribution is 5.90. The number of carbonyl (C=O) groups is 2. The monoisotopic (exact) mass is 296 g/mol. The van der Waals surface area contributed by atoms with Gasteiger partial charge in [0.25, 0.3) is 0 Å². The smallest absolute Gasteiger partial charge is 0.319 e. The quantitative estimate of drug-likeness (QED) is 0.754. The third kappa shape index (κ3) is 4.18. The van der Waals surface area contributed by atoms with Gasteiger partial charge in [-0.2, -0.15) is 0 Å². The third-order valence-corrected chi connectivity index (χ3v) is 3.84. The molecule has 0 aromatic heterocycles. The first-order valence-corrected chi connectivity index (χ1v) is 6.89. The van der Waals surface area contributed by atoms with Crippen LogP contribution in [0.5, 0.6) is 0 Å². The standard InChI is InChI=1S/C15H21FN2O3/c1-4-15(5-2,13(19)20)9-17-14(21)18-12-8-11(16)7-6-10(12)3/h6-8H,4-5,9H2,1-3H3,(H,19,20)(H2,17,18,21). The Hall–Kier alpha value is -2.11. The average Bonchev–Trinajstić information content (AvgIpc) is 2.44. The van der Waals surface area contributed by atoms with E-state index in [1.807, 2.05) is 0 Å². The maximum Gasteiger partial charge on any atom is 0.319 e. The molecule has 0 aliphatic rings. The summed E-state index contributed by atoms with van der Waals surface area (Å²) in [6, 6.07) is 3.54. The molecule has 116 valence electrons. The fraction of sp³-hybridized carbons (Fsp3) is 0.467. The summed E-state index contributed by atoms with van der Waals surface area (Å²) in [5, 5.41) is 14.4. The predicted molar refractivity (Wildman–Crippen MR) is 78.8 cm³/mol. The average molecular weight is 296 g/mol. The number of aliphatic carboxylic acids is 1. The van der Waals surface area contributed by atoms with Gasteiger partial charge in [-0.05, 0) is 37.5 Å². The van der Waals surface area contributed by atoms with Crippen LogP contribution in [0.25, 0.3) is 0 Å². The normalized spacial score (nSPS) is 11.0. The number of aryl methyl sites for hydroxylation is 1. The minimum absolute atomic E-state index is 0.0233. The topological polar surface area (TPSA) is 78.4 Å². The number of halogens is 1. The Morgan fingerprint density at radius 1 is 1.29 bits per heavy atom. The Morgan fingerprint density at radius 2 is 1.90 bits per heavy atom. The van der Waals surface area contributed by atoms with Crippen molar-refractivity contribution >= 4 is 17.7 Å². The molecular formula is C15H21FN2O3. The molecule has 0 aliphatic carbocycles. The second-order valence-electron chi connectivity index (χ2n) is 5.06. The van der Waals surface area contributed by atoms with Crippen LogP contribution in [0.2, 0.25) is 0 Å². The Balaban J connectivity index is 2.70. The van der Waals surface area contributed by atoms with Crippen molar-refractivity contribution < 1.29 is 19.1 Å². The van der Waals surface area contributed by atoms with Crippen LogP contribution in [-0.4, -0.2) is 23.7 Å². The lowest BCUT2D eigenvalue weighted by Gasteiger charge is -2.26. The highest BCUT2D eigenvalue weighted by Crippen LogP contribution is 2.25. The molecule has 1 rings (SSSR count). The molecule has 1 aromatic carbocycles. The summed E-state index contributed by atoms with van der Waals surface area (Å²) in [5.74, 6) is -1.38. The molecule has 0 radical (unpaired) electrons. The molecule has 0 saturated carbocycles. The van der Waals surface area contributed by atoms with E-state index in [2.05, 4.69) is 10.6 Å². The van der Waals surface area contributed by atoms with Gasteiger partial charge in [0, 0.05) is 12.2 Å². The Labute approximate surface area is 123 Å². The van der Waals surface area contributed by atoms with Crippen molar-refractivity contribution in [2.45, 2.75) is 33.6 Å². The van der Waals surface area contributed by atoms with Gasteiger partial charge in [0.15, 0.2) is 0 Å². The lowest BCUT2D eigenvalue weighted by atomic mass is 9.82. The highest BCUT2D eigenvalue weighted by Gasteiger charge is 2.35. The summed E-state index contributed by atoms with van der Waals surface area (Å²) >= 11 is 0. The zero-order chi connectivity index (χ0) is 16.0. The van der Waals surface area contributed by atoms with Crippen molar-refractivity contribution in [3.63, 3.8) is 0 Å². The lowest BCUT2D eigenvalue weighted by Crippen LogP contribution is -2.43. The summed E-state index contributed by atoms with van der Waals surface area (Å²) in [4.78, 5) is 23.2. The minimum Gasteiger partial charge on any atom is -0.481 e. The number of amides is 2. The van der Waals surface area contributed by atoms with Crippen molar-refractivity contribution in [3.05, 3.63) is 29.6 Å². The molecule has 0 atom stereocenters. The zero-order valence-corrected chi connectivity index (χ0v) is 12.5. The number of rotatable bonds is 6. The van der Waals surface area contributed by atoms with Gasteiger partial charge >= 0.3 is 12.0 Å². The molecular weight excluding hydrogens is 275 g/mol. The molecule has 0 unspecified atom stereocenters. The maximum atomic E-state index is 13.1. The van der Waals surface area contributed by atoms with Gasteiger partial charge in [0.1, 0.15) is 5.82 Å². The minimum atomic E-state index is -0.978. The fourth-order valence-electron chi connectivity index (χ4n) is 2.02. The summed E-state index contributed by atoms with van der Waals surface area (Å²) in [7, 11) is 0. The Bertz CT molecular complexity index is 528. The van der Waals surface area contributed by atoms with E-state index in [-0.39, 0.29) is 6.54 Å². The maximum absolute atomic E-state index is 13.1. The van der Waals surface area contributed by atoms with Gasteiger partial charge in [-0.25, -0.2) is 9.18 Å². The number of urea groups is 1. The number of carboxylic acid groups (broad SMARTS) is 1. The zero-order valence-electron chi connectivity index (χ0n) is 12.5. The van der Waals surface area contributed by atoms with E-state index in [1.165, 1.54) is 12.1 Å². The lowest BCUT2D eigenvalue weighted by molar-refractivity contribution is -0.149. The molecule has 5 nitrogen and oxygen atoms in total. The molecule has 3 N–H and O–H groups in total. The number of carbonyl (C=O) groups excluding carboxylic acids is 1. The number of anilines is 1.